The minimum absolute atomic E-state index is 0.122. The van der Waals surface area contributed by atoms with Crippen LogP contribution in [0.25, 0.3) is 0 Å². The summed E-state index contributed by atoms with van der Waals surface area (Å²) in [5, 5.41) is 17.0. The number of benzene rings is 2. The Balaban J connectivity index is 1.72. The fraction of sp³-hybridized carbons (Fsp3) is 0.462. The third-order valence-corrected chi connectivity index (χ3v) is 5.83. The maximum atomic E-state index is 14.3. The van der Waals surface area contributed by atoms with E-state index < -0.39 is 24.0 Å². The van der Waals surface area contributed by atoms with Crippen LogP contribution in [0.4, 0.5) is 4.39 Å². The van der Waals surface area contributed by atoms with E-state index in [9.17, 15) is 19.1 Å². The van der Waals surface area contributed by atoms with Gasteiger partial charge in [0.2, 0.25) is 11.8 Å². The van der Waals surface area contributed by atoms with Crippen LogP contribution in [0.1, 0.15) is 24.5 Å². The summed E-state index contributed by atoms with van der Waals surface area (Å²) in [4.78, 5) is 26.8. The van der Waals surface area contributed by atoms with Gasteiger partial charge in [0.1, 0.15) is 17.6 Å². The van der Waals surface area contributed by atoms with E-state index in [1.54, 1.807) is 18.1 Å². The summed E-state index contributed by atoms with van der Waals surface area (Å²) in [7, 11) is 1.60. The first-order chi connectivity index (χ1) is 16.9. The van der Waals surface area contributed by atoms with Gasteiger partial charge in [0.25, 0.3) is 0 Å². The molecule has 0 aromatic heterocycles. The number of nitrogens with zero attached hydrogens (tertiary/aromatic N) is 1. The van der Waals surface area contributed by atoms with Crippen molar-refractivity contribution in [1.29, 1.82) is 0 Å². The van der Waals surface area contributed by atoms with Crippen molar-refractivity contribution in [3.05, 3.63) is 65.5 Å². The SMILES string of the molecule is COCCCOc1cc(F)cc(C[C@H](NC(C)=O)[C@H](O)[C@@H]2NCCN(Cc3ccccc3)C2=O)c1. The van der Waals surface area contributed by atoms with Crippen molar-refractivity contribution in [3.8, 4) is 5.75 Å². The largest absolute Gasteiger partial charge is 0.493 e. The predicted molar refractivity (Wildman–Crippen MR) is 129 cm³/mol. The maximum absolute atomic E-state index is 14.3. The second kappa shape index (κ2) is 13.2. The summed E-state index contributed by atoms with van der Waals surface area (Å²) in [5.74, 6) is -0.732. The second-order valence-electron chi connectivity index (χ2n) is 8.67. The molecule has 190 valence electrons. The number of ether oxygens (including phenoxy) is 2. The van der Waals surface area contributed by atoms with Gasteiger partial charge in [-0.05, 0) is 29.7 Å². The zero-order valence-corrected chi connectivity index (χ0v) is 20.2. The van der Waals surface area contributed by atoms with Crippen LogP contribution < -0.4 is 15.4 Å². The topological polar surface area (TPSA) is 100 Å². The van der Waals surface area contributed by atoms with Crippen LogP contribution in [0.2, 0.25) is 0 Å². The number of aliphatic hydroxyl groups excluding tert-OH is 1. The molecule has 0 saturated carbocycles. The van der Waals surface area contributed by atoms with Crippen LogP contribution in [-0.4, -0.2) is 73.4 Å². The highest BCUT2D eigenvalue weighted by Gasteiger charge is 2.38. The lowest BCUT2D eigenvalue weighted by atomic mass is 9.94. The van der Waals surface area contributed by atoms with Gasteiger partial charge in [-0.1, -0.05) is 30.3 Å². The van der Waals surface area contributed by atoms with Gasteiger partial charge < -0.3 is 30.1 Å². The molecule has 2 amide bonds. The van der Waals surface area contributed by atoms with Crippen LogP contribution in [-0.2, 0) is 27.3 Å². The summed E-state index contributed by atoms with van der Waals surface area (Å²) in [6.45, 7) is 3.69. The molecule has 1 heterocycles. The average Bonchev–Trinajstić information content (AvgIpc) is 2.82. The standard InChI is InChI=1S/C26H34FN3O5/c1-18(31)29-23(15-20-13-21(27)16-22(14-20)35-12-6-11-34-2)25(32)24-26(33)30(10-9-28-24)17-19-7-4-3-5-8-19/h3-5,7-8,13-14,16,23-25,28,32H,6,9-12,15,17H2,1-2H3,(H,29,31)/t23-,24-,25-/m0/s1. The van der Waals surface area contributed by atoms with Crippen LogP contribution in [0.15, 0.2) is 48.5 Å². The molecule has 0 bridgehead atoms. The summed E-state index contributed by atoms with van der Waals surface area (Å²) in [5.41, 5.74) is 1.53. The third-order valence-electron chi connectivity index (χ3n) is 5.83. The maximum Gasteiger partial charge on any atom is 0.242 e. The number of aliphatic hydroxyl groups is 1. The number of rotatable bonds is 12. The van der Waals surface area contributed by atoms with Crippen molar-refractivity contribution in [2.45, 2.75) is 44.5 Å². The molecule has 1 aliphatic rings. The Morgan fingerprint density at radius 3 is 2.71 bits per heavy atom. The highest BCUT2D eigenvalue weighted by molar-refractivity contribution is 5.83. The molecular weight excluding hydrogens is 453 g/mol. The average molecular weight is 488 g/mol. The fourth-order valence-corrected chi connectivity index (χ4v) is 4.20. The normalized spacial score (nSPS) is 17.7. The van der Waals surface area contributed by atoms with Crippen molar-refractivity contribution >= 4 is 11.8 Å². The monoisotopic (exact) mass is 487 g/mol. The Morgan fingerprint density at radius 1 is 1.23 bits per heavy atom. The Morgan fingerprint density at radius 2 is 2.00 bits per heavy atom. The van der Waals surface area contributed by atoms with Crippen LogP contribution in [0.5, 0.6) is 5.75 Å². The van der Waals surface area contributed by atoms with Gasteiger partial charge in [0.15, 0.2) is 0 Å². The predicted octanol–water partition coefficient (Wildman–Crippen LogP) is 1.65. The molecule has 8 nitrogen and oxygen atoms in total. The van der Waals surface area contributed by atoms with Crippen LogP contribution in [0.3, 0.4) is 0 Å². The van der Waals surface area contributed by atoms with E-state index in [2.05, 4.69) is 10.6 Å². The van der Waals surface area contributed by atoms with Gasteiger partial charge >= 0.3 is 0 Å². The zero-order chi connectivity index (χ0) is 25.2. The molecule has 1 saturated heterocycles. The number of hydrogen-bond acceptors (Lipinski definition) is 6. The van der Waals surface area contributed by atoms with Gasteiger partial charge in [-0.25, -0.2) is 4.39 Å². The lowest BCUT2D eigenvalue weighted by Gasteiger charge is -2.38. The molecule has 2 aromatic rings. The number of amides is 2. The van der Waals surface area contributed by atoms with E-state index in [-0.39, 0.29) is 18.2 Å². The molecule has 0 spiro atoms. The highest BCUT2D eigenvalue weighted by Crippen LogP contribution is 2.20. The minimum Gasteiger partial charge on any atom is -0.493 e. The number of carbonyl (C=O) groups excluding carboxylic acids is 2. The molecule has 35 heavy (non-hydrogen) atoms. The quantitative estimate of drug-likeness (QED) is 0.394. The molecule has 1 fully saturated rings. The van der Waals surface area contributed by atoms with Gasteiger partial charge in [-0.2, -0.15) is 0 Å². The molecule has 0 unspecified atom stereocenters. The van der Waals surface area contributed by atoms with Gasteiger partial charge in [-0.15, -0.1) is 0 Å². The summed E-state index contributed by atoms with van der Waals surface area (Å²) in [6, 6.07) is 12.2. The smallest absolute Gasteiger partial charge is 0.242 e. The van der Waals surface area contributed by atoms with Crippen LogP contribution in [0, 0.1) is 5.82 Å². The first-order valence-electron chi connectivity index (χ1n) is 11.8. The number of piperazine rings is 1. The minimum atomic E-state index is -1.22. The Hall–Kier alpha value is -3.01. The first kappa shape index (κ1) is 26.6. The molecule has 0 radical (unpaired) electrons. The molecule has 0 aliphatic carbocycles. The number of halogens is 1. The Bertz CT molecular complexity index is 975. The van der Waals surface area contributed by atoms with Crippen molar-refractivity contribution in [2.24, 2.45) is 0 Å². The second-order valence-corrected chi connectivity index (χ2v) is 8.67. The zero-order valence-electron chi connectivity index (χ0n) is 20.2. The van der Waals surface area contributed by atoms with Gasteiger partial charge in [0, 0.05) is 52.8 Å². The Kier molecular flexibility index (Phi) is 10.0. The number of methoxy groups -OCH3 is 1. The first-order valence-corrected chi connectivity index (χ1v) is 11.8. The van der Waals surface area contributed by atoms with E-state index in [0.29, 0.717) is 50.6 Å². The molecule has 3 atom stereocenters. The lowest BCUT2D eigenvalue weighted by molar-refractivity contribution is -0.141. The summed E-state index contributed by atoms with van der Waals surface area (Å²) in [6.07, 6.45) is -0.443. The fourth-order valence-electron chi connectivity index (χ4n) is 4.20. The third kappa shape index (κ3) is 8.02. The molecule has 3 N–H and O–H groups in total. The highest BCUT2D eigenvalue weighted by atomic mass is 19.1. The summed E-state index contributed by atoms with van der Waals surface area (Å²) >= 11 is 0. The summed E-state index contributed by atoms with van der Waals surface area (Å²) < 4.78 is 24.9. The molecule has 9 heteroatoms. The molecular formula is C26H34FN3O5. The van der Waals surface area contributed by atoms with Crippen LogP contribution >= 0.6 is 0 Å². The number of hydrogen-bond donors (Lipinski definition) is 3. The van der Waals surface area contributed by atoms with E-state index >= 15 is 0 Å². The number of carbonyl (C=O) groups is 2. The van der Waals surface area contributed by atoms with Crippen molar-refractivity contribution in [3.63, 3.8) is 0 Å². The van der Waals surface area contributed by atoms with E-state index in [0.717, 1.165) is 5.56 Å². The van der Waals surface area contributed by atoms with E-state index in [4.69, 9.17) is 9.47 Å². The van der Waals surface area contributed by atoms with Gasteiger partial charge in [0.05, 0.1) is 18.8 Å². The lowest BCUT2D eigenvalue weighted by Crippen LogP contribution is -2.63. The van der Waals surface area contributed by atoms with Crippen molar-refractivity contribution in [2.75, 3.05) is 33.4 Å². The van der Waals surface area contributed by atoms with E-state index in [1.165, 1.54) is 19.1 Å². The van der Waals surface area contributed by atoms with E-state index in [1.807, 2.05) is 30.3 Å². The Labute approximate surface area is 205 Å². The molecule has 3 rings (SSSR count). The van der Waals surface area contributed by atoms with Crippen molar-refractivity contribution < 1.29 is 28.6 Å². The van der Waals surface area contributed by atoms with Crippen molar-refractivity contribution in [1.82, 2.24) is 15.5 Å². The van der Waals surface area contributed by atoms with Gasteiger partial charge in [-0.3, -0.25) is 9.59 Å². The molecule has 2 aromatic carbocycles. The molecule has 1 aliphatic heterocycles. The number of nitrogens with one attached hydrogen (secondary N) is 2.